The zero-order valence-corrected chi connectivity index (χ0v) is 14.2. The van der Waals surface area contributed by atoms with E-state index in [-0.39, 0.29) is 19.6 Å². The Hall–Kier alpha value is -2.65. The van der Waals surface area contributed by atoms with Crippen LogP contribution in [0.3, 0.4) is 0 Å². The molecule has 0 aliphatic rings. The van der Waals surface area contributed by atoms with E-state index in [4.69, 9.17) is 4.74 Å². The largest absolute Gasteiger partial charge is 0.445 e. The van der Waals surface area contributed by atoms with Gasteiger partial charge in [-0.15, -0.1) is 0 Å². The molecule has 27 heavy (non-hydrogen) atoms. The highest BCUT2D eigenvalue weighted by atomic mass is 19.4. The maximum Gasteiger partial charge on any atom is 0.416 e. The van der Waals surface area contributed by atoms with Crippen molar-refractivity contribution in [1.82, 2.24) is 10.3 Å². The average Bonchev–Trinajstić information content (AvgIpc) is 2.66. The Morgan fingerprint density at radius 2 is 1.89 bits per heavy atom. The van der Waals surface area contributed by atoms with E-state index in [2.05, 4.69) is 10.3 Å². The number of hydrogen-bond donors (Lipinski definition) is 3. The molecule has 0 saturated heterocycles. The maximum absolute atomic E-state index is 13.0. The summed E-state index contributed by atoms with van der Waals surface area (Å²) in [6, 6.07) is 9.69. The summed E-state index contributed by atoms with van der Waals surface area (Å²) in [7, 11) is 0. The molecule has 1 amide bonds. The average molecular weight is 384 g/mol. The normalized spacial score (nSPS) is 13.7. The van der Waals surface area contributed by atoms with Crippen molar-refractivity contribution in [2.45, 2.75) is 31.4 Å². The lowest BCUT2D eigenvalue weighted by atomic mass is 9.99. The van der Waals surface area contributed by atoms with Gasteiger partial charge in [0.15, 0.2) is 0 Å². The van der Waals surface area contributed by atoms with E-state index in [0.29, 0.717) is 0 Å². The lowest BCUT2D eigenvalue weighted by Gasteiger charge is -2.21. The van der Waals surface area contributed by atoms with Gasteiger partial charge in [0.25, 0.3) is 0 Å². The van der Waals surface area contributed by atoms with Gasteiger partial charge in [-0.3, -0.25) is 4.98 Å². The molecule has 1 aromatic heterocycles. The van der Waals surface area contributed by atoms with Crippen molar-refractivity contribution >= 4 is 6.09 Å². The summed E-state index contributed by atoms with van der Waals surface area (Å²) in [5.74, 6) is 0. The van der Waals surface area contributed by atoms with Crippen LogP contribution in [-0.2, 0) is 17.5 Å². The standard InChI is InChI=1S/C18H19F3N2O4/c19-18(20,21)14-6-8-22-10-13(14)16(25)15(24)7-9-23-17(26)27-11-12-4-2-1-3-5-12/h1-6,8,10,15-16,24-25H,7,9,11H2,(H,23,26). The Morgan fingerprint density at radius 3 is 2.56 bits per heavy atom. The first kappa shape index (κ1) is 20.7. The van der Waals surface area contributed by atoms with E-state index in [0.717, 1.165) is 24.0 Å². The van der Waals surface area contributed by atoms with E-state index >= 15 is 0 Å². The van der Waals surface area contributed by atoms with E-state index in [1.807, 2.05) is 6.07 Å². The zero-order valence-electron chi connectivity index (χ0n) is 14.2. The molecular weight excluding hydrogens is 365 g/mol. The van der Waals surface area contributed by atoms with Gasteiger partial charge in [-0.05, 0) is 18.1 Å². The van der Waals surface area contributed by atoms with Gasteiger partial charge in [0.05, 0.1) is 11.7 Å². The summed E-state index contributed by atoms with van der Waals surface area (Å²) in [5, 5.41) is 22.3. The zero-order chi connectivity index (χ0) is 19.9. The highest BCUT2D eigenvalue weighted by Gasteiger charge is 2.36. The second-order valence-corrected chi connectivity index (χ2v) is 5.75. The number of aliphatic hydroxyl groups excluding tert-OH is 2. The predicted molar refractivity (Wildman–Crippen MR) is 89.5 cm³/mol. The highest BCUT2D eigenvalue weighted by molar-refractivity contribution is 5.67. The Balaban J connectivity index is 1.82. The second kappa shape index (κ2) is 9.33. The monoisotopic (exact) mass is 384 g/mol. The summed E-state index contributed by atoms with van der Waals surface area (Å²) < 4.78 is 43.8. The fourth-order valence-corrected chi connectivity index (χ4v) is 2.36. The van der Waals surface area contributed by atoms with Crippen LogP contribution >= 0.6 is 0 Å². The molecule has 0 radical (unpaired) electrons. The lowest BCUT2D eigenvalue weighted by Crippen LogP contribution is -2.30. The van der Waals surface area contributed by atoms with Crippen molar-refractivity contribution in [1.29, 1.82) is 0 Å². The minimum atomic E-state index is -4.68. The van der Waals surface area contributed by atoms with Crippen molar-refractivity contribution in [2.24, 2.45) is 0 Å². The quantitative estimate of drug-likeness (QED) is 0.683. The van der Waals surface area contributed by atoms with Crippen LogP contribution in [0.25, 0.3) is 0 Å². The van der Waals surface area contributed by atoms with Crippen molar-refractivity contribution in [2.75, 3.05) is 6.54 Å². The predicted octanol–water partition coefficient (Wildman–Crippen LogP) is 2.81. The first-order valence-corrected chi connectivity index (χ1v) is 8.11. The number of pyridine rings is 1. The van der Waals surface area contributed by atoms with E-state index < -0.39 is 35.6 Å². The number of hydrogen-bond acceptors (Lipinski definition) is 5. The van der Waals surface area contributed by atoms with Gasteiger partial charge >= 0.3 is 12.3 Å². The minimum Gasteiger partial charge on any atom is -0.445 e. The van der Waals surface area contributed by atoms with Gasteiger partial charge in [-0.1, -0.05) is 30.3 Å². The van der Waals surface area contributed by atoms with Crippen molar-refractivity contribution in [3.63, 3.8) is 0 Å². The number of halogens is 3. The molecule has 0 saturated carbocycles. The van der Waals surface area contributed by atoms with Crippen molar-refractivity contribution < 1.29 is 32.9 Å². The van der Waals surface area contributed by atoms with Gasteiger partial charge in [0.1, 0.15) is 12.7 Å². The van der Waals surface area contributed by atoms with Gasteiger partial charge in [-0.25, -0.2) is 4.79 Å². The molecule has 1 heterocycles. The first-order chi connectivity index (χ1) is 12.8. The number of alkyl halides is 3. The molecule has 6 nitrogen and oxygen atoms in total. The Kier molecular flexibility index (Phi) is 7.14. The Morgan fingerprint density at radius 1 is 1.19 bits per heavy atom. The number of alkyl carbamates (subject to hydrolysis) is 1. The van der Waals surface area contributed by atoms with E-state index in [1.165, 1.54) is 0 Å². The van der Waals surface area contributed by atoms with Crippen LogP contribution in [0.15, 0.2) is 48.8 Å². The van der Waals surface area contributed by atoms with Crippen LogP contribution in [0.4, 0.5) is 18.0 Å². The summed E-state index contributed by atoms with van der Waals surface area (Å²) in [6.45, 7) is -0.0318. The number of carbonyl (C=O) groups is 1. The van der Waals surface area contributed by atoms with E-state index in [1.54, 1.807) is 24.3 Å². The maximum atomic E-state index is 13.0. The molecule has 0 bridgehead atoms. The van der Waals surface area contributed by atoms with Crippen LogP contribution in [0, 0.1) is 0 Å². The molecule has 2 aromatic rings. The lowest BCUT2D eigenvalue weighted by molar-refractivity contribution is -0.140. The number of aromatic nitrogens is 1. The summed E-state index contributed by atoms with van der Waals surface area (Å²) >= 11 is 0. The highest BCUT2D eigenvalue weighted by Crippen LogP contribution is 2.35. The number of carbonyl (C=O) groups excluding carboxylic acids is 1. The van der Waals surface area contributed by atoms with Gasteiger partial charge in [0, 0.05) is 24.5 Å². The third kappa shape index (κ3) is 6.22. The molecule has 3 N–H and O–H groups in total. The number of nitrogens with one attached hydrogen (secondary N) is 1. The van der Waals surface area contributed by atoms with E-state index in [9.17, 15) is 28.2 Å². The molecule has 9 heteroatoms. The van der Waals surface area contributed by atoms with Crippen LogP contribution in [0.1, 0.15) is 29.2 Å². The fraction of sp³-hybridized carbons (Fsp3) is 0.333. The van der Waals surface area contributed by atoms with Gasteiger partial charge < -0.3 is 20.3 Å². The molecule has 0 spiro atoms. The molecule has 1 aromatic carbocycles. The Bertz CT molecular complexity index is 741. The number of aliphatic hydroxyl groups is 2. The third-order valence-corrected chi connectivity index (χ3v) is 3.76. The molecule has 0 aliphatic heterocycles. The number of benzene rings is 1. The first-order valence-electron chi connectivity index (χ1n) is 8.11. The summed E-state index contributed by atoms with van der Waals surface area (Å²) in [5.41, 5.74) is -0.803. The van der Waals surface area contributed by atoms with Gasteiger partial charge in [0.2, 0.25) is 0 Å². The number of ether oxygens (including phenoxy) is 1. The smallest absolute Gasteiger partial charge is 0.416 e. The molecule has 2 rings (SSSR count). The minimum absolute atomic E-state index is 0.0580. The molecule has 0 fully saturated rings. The van der Waals surface area contributed by atoms with Crippen LogP contribution in [0.5, 0.6) is 0 Å². The molecule has 2 atom stereocenters. The molecule has 146 valence electrons. The van der Waals surface area contributed by atoms with Crippen LogP contribution in [0.2, 0.25) is 0 Å². The summed E-state index contributed by atoms with van der Waals surface area (Å²) in [6.07, 6.45) is -7.10. The molecule has 2 unspecified atom stereocenters. The van der Waals surface area contributed by atoms with Crippen molar-refractivity contribution in [3.8, 4) is 0 Å². The topological polar surface area (TPSA) is 91.7 Å². The summed E-state index contributed by atoms with van der Waals surface area (Å²) in [4.78, 5) is 15.2. The third-order valence-electron chi connectivity index (χ3n) is 3.76. The Labute approximate surface area is 153 Å². The molecule has 0 aliphatic carbocycles. The van der Waals surface area contributed by atoms with Crippen LogP contribution in [-0.4, -0.2) is 33.9 Å². The SMILES string of the molecule is O=C(NCCC(O)C(O)c1cnccc1C(F)(F)F)OCc1ccccc1. The fourth-order valence-electron chi connectivity index (χ4n) is 2.36. The van der Waals surface area contributed by atoms with Crippen molar-refractivity contribution in [3.05, 3.63) is 65.5 Å². The molecular formula is C18H19F3N2O4. The van der Waals surface area contributed by atoms with Crippen LogP contribution < -0.4 is 5.32 Å². The second-order valence-electron chi connectivity index (χ2n) is 5.75. The number of nitrogens with zero attached hydrogens (tertiary/aromatic N) is 1. The van der Waals surface area contributed by atoms with Gasteiger partial charge in [-0.2, -0.15) is 13.2 Å². The number of amides is 1. The number of rotatable bonds is 7.